The van der Waals surface area contributed by atoms with E-state index in [1.807, 2.05) is 35.7 Å². The first-order valence-electron chi connectivity index (χ1n) is 7.00. The molecule has 0 amide bonds. The topological polar surface area (TPSA) is 123 Å². The molecule has 0 saturated carbocycles. The van der Waals surface area contributed by atoms with Crippen molar-refractivity contribution in [2.75, 3.05) is 10.9 Å². The molecule has 9 nitrogen and oxygen atoms in total. The lowest BCUT2D eigenvalue weighted by molar-refractivity contribution is -0.393. The second-order valence-corrected chi connectivity index (χ2v) is 5.73. The van der Waals surface area contributed by atoms with Gasteiger partial charge >= 0.3 is 5.69 Å². The van der Waals surface area contributed by atoms with Crippen molar-refractivity contribution >= 4 is 33.5 Å². The number of non-ortho nitro benzene ring substituents is 1. The van der Waals surface area contributed by atoms with Gasteiger partial charge in [0, 0.05) is 17.0 Å². The van der Waals surface area contributed by atoms with Crippen LogP contribution < -0.4 is 10.9 Å². The molecule has 3 rings (SSSR count). The van der Waals surface area contributed by atoms with E-state index in [9.17, 15) is 20.2 Å². The summed E-state index contributed by atoms with van der Waals surface area (Å²) in [6.07, 6.45) is 0. The Morgan fingerprint density at radius 3 is 2.40 bits per heavy atom. The Labute approximate surface area is 145 Å². The number of aromatic nitrogens is 1. The van der Waals surface area contributed by atoms with Crippen LogP contribution in [-0.2, 0) is 0 Å². The Morgan fingerprint density at radius 2 is 1.72 bits per heavy atom. The third-order valence-electron chi connectivity index (χ3n) is 3.27. The van der Waals surface area contributed by atoms with E-state index in [0.29, 0.717) is 5.13 Å². The largest absolute Gasteiger partial charge is 0.300 e. The van der Waals surface area contributed by atoms with Crippen molar-refractivity contribution in [3.63, 3.8) is 0 Å². The summed E-state index contributed by atoms with van der Waals surface area (Å²) in [7, 11) is 0. The Bertz CT molecular complexity index is 929. The molecule has 0 atom stereocenters. The predicted octanol–water partition coefficient (Wildman–Crippen LogP) is 4.07. The molecular weight excluding hydrogens is 346 g/mol. The van der Waals surface area contributed by atoms with Gasteiger partial charge in [-0.25, -0.2) is 4.98 Å². The van der Waals surface area contributed by atoms with Crippen LogP contribution in [0.1, 0.15) is 0 Å². The van der Waals surface area contributed by atoms with Crippen molar-refractivity contribution in [3.05, 3.63) is 74.1 Å². The zero-order valence-corrected chi connectivity index (χ0v) is 13.4. The van der Waals surface area contributed by atoms with Gasteiger partial charge in [0.05, 0.1) is 21.6 Å². The summed E-state index contributed by atoms with van der Waals surface area (Å²) in [6, 6.07) is 12.9. The minimum Gasteiger partial charge on any atom is -0.293 e. The molecule has 25 heavy (non-hydrogen) atoms. The Kier molecular flexibility index (Phi) is 4.53. The summed E-state index contributed by atoms with van der Waals surface area (Å²) in [4.78, 5) is 24.9. The van der Waals surface area contributed by atoms with E-state index in [0.717, 1.165) is 17.3 Å². The summed E-state index contributed by atoms with van der Waals surface area (Å²) in [5.41, 5.74) is 6.53. The van der Waals surface area contributed by atoms with Crippen molar-refractivity contribution < 1.29 is 9.85 Å². The predicted molar refractivity (Wildman–Crippen MR) is 94.5 cm³/mol. The standard InChI is InChI=1S/C15H11N5O4S/c21-19(22)11-6-7-12(14(8-11)20(23)24)17-18-15-16-13(9-25-15)10-4-2-1-3-5-10/h1-9,17H,(H,16,18). The quantitative estimate of drug-likeness (QED) is 0.503. The molecule has 0 spiro atoms. The van der Waals surface area contributed by atoms with Gasteiger partial charge in [0.15, 0.2) is 0 Å². The molecule has 1 aromatic heterocycles. The van der Waals surface area contributed by atoms with Crippen molar-refractivity contribution in [1.82, 2.24) is 4.98 Å². The molecule has 10 heteroatoms. The van der Waals surface area contributed by atoms with Crippen LogP contribution >= 0.6 is 11.3 Å². The molecule has 0 aliphatic heterocycles. The Balaban J connectivity index is 1.77. The summed E-state index contributed by atoms with van der Waals surface area (Å²) >= 11 is 1.32. The molecule has 0 saturated heterocycles. The summed E-state index contributed by atoms with van der Waals surface area (Å²) in [5.74, 6) is 0. The van der Waals surface area contributed by atoms with Crippen LogP contribution in [0.2, 0.25) is 0 Å². The fourth-order valence-electron chi connectivity index (χ4n) is 2.08. The normalized spacial score (nSPS) is 10.2. The summed E-state index contributed by atoms with van der Waals surface area (Å²) < 4.78 is 0. The fourth-order valence-corrected chi connectivity index (χ4v) is 2.76. The molecule has 3 aromatic rings. The molecular formula is C15H11N5O4S. The van der Waals surface area contributed by atoms with Gasteiger partial charge in [0.1, 0.15) is 5.69 Å². The molecule has 2 aromatic carbocycles. The smallest absolute Gasteiger partial charge is 0.293 e. The van der Waals surface area contributed by atoms with Gasteiger partial charge in [-0.15, -0.1) is 11.3 Å². The average molecular weight is 357 g/mol. The number of hydrogen-bond acceptors (Lipinski definition) is 8. The average Bonchev–Trinajstić information content (AvgIpc) is 3.09. The lowest BCUT2D eigenvalue weighted by atomic mass is 10.2. The van der Waals surface area contributed by atoms with Crippen LogP contribution in [-0.4, -0.2) is 14.8 Å². The number of nitrogens with zero attached hydrogens (tertiary/aromatic N) is 3. The van der Waals surface area contributed by atoms with E-state index in [1.165, 1.54) is 23.5 Å². The van der Waals surface area contributed by atoms with E-state index in [1.54, 1.807) is 0 Å². The molecule has 0 aliphatic carbocycles. The van der Waals surface area contributed by atoms with Crippen LogP contribution in [0.5, 0.6) is 0 Å². The zero-order valence-electron chi connectivity index (χ0n) is 12.6. The molecule has 0 bridgehead atoms. The molecule has 0 radical (unpaired) electrons. The van der Waals surface area contributed by atoms with Gasteiger partial charge < -0.3 is 0 Å². The highest BCUT2D eigenvalue weighted by atomic mass is 32.1. The van der Waals surface area contributed by atoms with Crippen molar-refractivity contribution in [2.24, 2.45) is 0 Å². The van der Waals surface area contributed by atoms with Gasteiger partial charge in [0.25, 0.3) is 5.69 Å². The SMILES string of the molecule is O=[N+]([O-])c1ccc(NNc2nc(-c3ccccc3)cs2)c([N+](=O)[O-])c1. The van der Waals surface area contributed by atoms with Gasteiger partial charge in [-0.05, 0) is 6.07 Å². The molecule has 0 aliphatic rings. The van der Waals surface area contributed by atoms with E-state index >= 15 is 0 Å². The van der Waals surface area contributed by atoms with E-state index < -0.39 is 15.5 Å². The molecule has 1 heterocycles. The maximum atomic E-state index is 11.1. The van der Waals surface area contributed by atoms with E-state index in [4.69, 9.17) is 0 Å². The number of nitro benzene ring substituents is 2. The number of nitro groups is 2. The lowest BCUT2D eigenvalue weighted by Crippen LogP contribution is -2.10. The Morgan fingerprint density at radius 1 is 0.960 bits per heavy atom. The summed E-state index contributed by atoms with van der Waals surface area (Å²) in [5, 5.41) is 24.2. The number of benzene rings is 2. The first-order chi connectivity index (χ1) is 12.0. The third kappa shape index (κ3) is 3.70. The second kappa shape index (κ2) is 6.93. The lowest BCUT2D eigenvalue weighted by Gasteiger charge is -2.07. The van der Waals surface area contributed by atoms with Crippen molar-refractivity contribution in [3.8, 4) is 11.3 Å². The highest BCUT2D eigenvalue weighted by molar-refractivity contribution is 7.14. The van der Waals surface area contributed by atoms with E-state index in [-0.39, 0.29) is 11.4 Å². The number of nitrogens with one attached hydrogen (secondary N) is 2. The molecule has 0 fully saturated rings. The van der Waals surface area contributed by atoms with Crippen LogP contribution in [0.25, 0.3) is 11.3 Å². The maximum absolute atomic E-state index is 11.1. The van der Waals surface area contributed by atoms with Gasteiger partial charge in [-0.1, -0.05) is 30.3 Å². The monoisotopic (exact) mass is 357 g/mol. The number of hydrogen-bond donors (Lipinski definition) is 2. The number of rotatable bonds is 6. The number of hydrazine groups is 1. The Hall–Kier alpha value is -3.53. The van der Waals surface area contributed by atoms with Gasteiger partial charge in [-0.3, -0.25) is 31.1 Å². The number of anilines is 2. The van der Waals surface area contributed by atoms with Crippen LogP contribution in [0.15, 0.2) is 53.9 Å². The summed E-state index contributed by atoms with van der Waals surface area (Å²) in [6.45, 7) is 0. The number of thiazole rings is 1. The van der Waals surface area contributed by atoms with Gasteiger partial charge in [-0.2, -0.15) is 0 Å². The zero-order chi connectivity index (χ0) is 17.8. The van der Waals surface area contributed by atoms with Crippen molar-refractivity contribution in [2.45, 2.75) is 0 Å². The minimum absolute atomic E-state index is 0.104. The first-order valence-corrected chi connectivity index (χ1v) is 7.88. The first kappa shape index (κ1) is 16.3. The van der Waals surface area contributed by atoms with Crippen molar-refractivity contribution in [1.29, 1.82) is 0 Å². The van der Waals surface area contributed by atoms with Crippen LogP contribution in [0.4, 0.5) is 22.2 Å². The maximum Gasteiger partial charge on any atom is 0.300 e. The highest BCUT2D eigenvalue weighted by Crippen LogP contribution is 2.30. The van der Waals surface area contributed by atoms with E-state index in [2.05, 4.69) is 15.8 Å². The fraction of sp³-hybridized carbons (Fsp3) is 0. The third-order valence-corrected chi connectivity index (χ3v) is 4.02. The van der Waals surface area contributed by atoms with Crippen LogP contribution in [0, 0.1) is 20.2 Å². The molecule has 126 valence electrons. The highest BCUT2D eigenvalue weighted by Gasteiger charge is 2.19. The molecule has 2 N–H and O–H groups in total. The second-order valence-electron chi connectivity index (χ2n) is 4.87. The minimum atomic E-state index is -0.686. The molecule has 0 unspecified atom stereocenters. The van der Waals surface area contributed by atoms with Gasteiger partial charge in [0.2, 0.25) is 5.13 Å². The van der Waals surface area contributed by atoms with Crippen LogP contribution in [0.3, 0.4) is 0 Å².